The fraction of sp³-hybridized carbons (Fsp3) is 0.462. The van der Waals surface area contributed by atoms with Crippen LogP contribution in [-0.4, -0.2) is 33.2 Å². The van der Waals surface area contributed by atoms with Crippen LogP contribution in [0.1, 0.15) is 19.4 Å². The molecule has 0 bridgehead atoms. The minimum Gasteiger partial charge on any atom is -0.311 e. The number of hydrogen-bond donors (Lipinski definition) is 1. The van der Waals surface area contributed by atoms with Gasteiger partial charge in [-0.15, -0.1) is 0 Å². The van der Waals surface area contributed by atoms with E-state index in [1.54, 1.807) is 11.8 Å². The van der Waals surface area contributed by atoms with E-state index in [-0.39, 0.29) is 18.2 Å². The smallest absolute Gasteiger partial charge is 0.223 e. The van der Waals surface area contributed by atoms with Crippen molar-refractivity contribution in [1.29, 1.82) is 0 Å². The Bertz CT molecular complexity index is 541. The number of hydrogen-bond acceptors (Lipinski definition) is 3. The van der Waals surface area contributed by atoms with Crippen molar-refractivity contribution in [1.82, 2.24) is 4.72 Å². The molecule has 0 saturated heterocycles. The second-order valence-corrected chi connectivity index (χ2v) is 6.40. The zero-order chi connectivity index (χ0) is 14.5. The van der Waals surface area contributed by atoms with E-state index in [4.69, 9.17) is 0 Å². The van der Waals surface area contributed by atoms with Crippen LogP contribution in [0.3, 0.4) is 0 Å². The molecule has 0 heterocycles. The predicted molar refractivity (Wildman–Crippen MR) is 76.7 cm³/mol. The first-order valence-corrected chi connectivity index (χ1v) is 7.83. The van der Waals surface area contributed by atoms with E-state index in [2.05, 4.69) is 4.72 Å². The van der Waals surface area contributed by atoms with Crippen LogP contribution in [0.5, 0.6) is 0 Å². The van der Waals surface area contributed by atoms with Gasteiger partial charge in [0.05, 0.1) is 5.75 Å². The zero-order valence-electron chi connectivity index (χ0n) is 11.5. The first-order chi connectivity index (χ1) is 8.85. The first kappa shape index (κ1) is 15.7. The Morgan fingerprint density at radius 3 is 2.58 bits per heavy atom. The molecule has 1 amide bonds. The summed E-state index contributed by atoms with van der Waals surface area (Å²) in [6.45, 7) is 5.52. The molecule has 0 aliphatic heterocycles. The molecular weight excluding hydrogens is 264 g/mol. The molecule has 0 unspecified atom stereocenters. The molecule has 1 rings (SSSR count). The Labute approximate surface area is 114 Å². The second-order valence-electron chi connectivity index (χ2n) is 4.31. The molecule has 0 radical (unpaired) electrons. The molecule has 1 aromatic rings. The summed E-state index contributed by atoms with van der Waals surface area (Å²) in [5.41, 5.74) is 1.83. The van der Waals surface area contributed by atoms with Crippen LogP contribution in [0, 0.1) is 6.92 Å². The highest BCUT2D eigenvalue weighted by molar-refractivity contribution is 7.89. The third-order valence-corrected chi connectivity index (χ3v) is 4.13. The number of nitrogens with zero attached hydrogens (tertiary/aromatic N) is 1. The van der Waals surface area contributed by atoms with Gasteiger partial charge in [-0.25, -0.2) is 13.1 Å². The monoisotopic (exact) mass is 284 g/mol. The number of carbonyl (C=O) groups excluding carboxylic acids is 1. The summed E-state index contributed by atoms with van der Waals surface area (Å²) >= 11 is 0. The lowest BCUT2D eigenvalue weighted by Crippen LogP contribution is -2.38. The minimum absolute atomic E-state index is 0.0392. The number of amides is 1. The quantitative estimate of drug-likeness (QED) is 0.856. The van der Waals surface area contributed by atoms with Gasteiger partial charge in [-0.3, -0.25) is 4.79 Å². The fourth-order valence-corrected chi connectivity index (χ4v) is 2.29. The molecule has 0 atom stereocenters. The topological polar surface area (TPSA) is 66.5 Å². The van der Waals surface area contributed by atoms with Gasteiger partial charge in [0.25, 0.3) is 0 Å². The number of carbonyl (C=O) groups is 1. The van der Waals surface area contributed by atoms with Crippen LogP contribution < -0.4 is 9.62 Å². The molecule has 5 nitrogen and oxygen atoms in total. The van der Waals surface area contributed by atoms with Gasteiger partial charge in [-0.2, -0.15) is 0 Å². The van der Waals surface area contributed by atoms with Gasteiger partial charge in [0.2, 0.25) is 15.9 Å². The number of anilines is 1. The number of nitrogens with one attached hydrogen (secondary N) is 1. The van der Waals surface area contributed by atoms with E-state index >= 15 is 0 Å². The van der Waals surface area contributed by atoms with Crippen LogP contribution in [0.2, 0.25) is 0 Å². The summed E-state index contributed by atoms with van der Waals surface area (Å²) in [5.74, 6) is -0.0707. The highest BCUT2D eigenvalue weighted by Crippen LogP contribution is 2.15. The summed E-state index contributed by atoms with van der Waals surface area (Å²) in [7, 11) is -3.22. The van der Waals surface area contributed by atoms with E-state index in [0.717, 1.165) is 11.3 Å². The Balaban J connectivity index is 2.72. The van der Waals surface area contributed by atoms with Gasteiger partial charge < -0.3 is 4.90 Å². The van der Waals surface area contributed by atoms with Crippen LogP contribution in [0.25, 0.3) is 0 Å². The summed E-state index contributed by atoms with van der Waals surface area (Å²) in [5, 5.41) is 0. The summed E-state index contributed by atoms with van der Waals surface area (Å²) in [6.07, 6.45) is 0. The van der Waals surface area contributed by atoms with E-state index < -0.39 is 10.0 Å². The van der Waals surface area contributed by atoms with Gasteiger partial charge in [0, 0.05) is 25.7 Å². The third-order valence-electron chi connectivity index (χ3n) is 2.73. The van der Waals surface area contributed by atoms with Gasteiger partial charge in [-0.05, 0) is 31.5 Å². The lowest BCUT2D eigenvalue weighted by atomic mass is 10.2. The van der Waals surface area contributed by atoms with Gasteiger partial charge in [-0.1, -0.05) is 12.1 Å². The van der Waals surface area contributed by atoms with Crippen molar-refractivity contribution in [3.8, 4) is 0 Å². The van der Waals surface area contributed by atoms with E-state index in [1.807, 2.05) is 31.2 Å². The molecule has 1 aromatic carbocycles. The lowest BCUT2D eigenvalue weighted by Gasteiger charge is -2.21. The summed E-state index contributed by atoms with van der Waals surface area (Å²) in [4.78, 5) is 13.2. The molecule has 0 aromatic heterocycles. The van der Waals surface area contributed by atoms with Crippen molar-refractivity contribution in [2.75, 3.05) is 23.7 Å². The molecular formula is C13H20N2O3S. The maximum Gasteiger partial charge on any atom is 0.223 e. The Hall–Kier alpha value is -1.40. The molecule has 1 N–H and O–H groups in total. The normalized spacial score (nSPS) is 11.3. The SMILES string of the molecule is CCS(=O)(=O)NCCN(C(C)=O)c1cccc(C)c1. The number of sulfonamides is 1. The Morgan fingerprint density at radius 1 is 1.37 bits per heavy atom. The average molecular weight is 284 g/mol. The molecule has 0 aliphatic carbocycles. The van der Waals surface area contributed by atoms with Crippen molar-refractivity contribution < 1.29 is 13.2 Å². The van der Waals surface area contributed by atoms with Crippen LogP contribution in [-0.2, 0) is 14.8 Å². The van der Waals surface area contributed by atoms with Gasteiger partial charge in [0.15, 0.2) is 0 Å². The Kier molecular flexibility index (Phi) is 5.50. The van der Waals surface area contributed by atoms with Crippen molar-refractivity contribution in [3.63, 3.8) is 0 Å². The molecule has 6 heteroatoms. The molecule has 106 valence electrons. The predicted octanol–water partition coefficient (Wildman–Crippen LogP) is 1.29. The maximum absolute atomic E-state index is 11.6. The molecule has 0 spiro atoms. The third kappa shape index (κ3) is 5.00. The highest BCUT2D eigenvalue weighted by atomic mass is 32.2. The summed E-state index contributed by atoms with van der Waals surface area (Å²) < 4.78 is 25.1. The fourth-order valence-electron chi connectivity index (χ4n) is 1.68. The molecule has 0 fully saturated rings. The largest absolute Gasteiger partial charge is 0.311 e. The van der Waals surface area contributed by atoms with E-state index in [0.29, 0.717) is 6.54 Å². The van der Waals surface area contributed by atoms with Crippen LogP contribution in [0.4, 0.5) is 5.69 Å². The number of rotatable bonds is 6. The Morgan fingerprint density at radius 2 is 2.05 bits per heavy atom. The number of benzene rings is 1. The van der Waals surface area contributed by atoms with Crippen molar-refractivity contribution in [3.05, 3.63) is 29.8 Å². The second kappa shape index (κ2) is 6.68. The summed E-state index contributed by atoms with van der Waals surface area (Å²) in [6, 6.07) is 7.55. The lowest BCUT2D eigenvalue weighted by molar-refractivity contribution is -0.116. The minimum atomic E-state index is -3.22. The van der Waals surface area contributed by atoms with Gasteiger partial charge >= 0.3 is 0 Å². The van der Waals surface area contributed by atoms with E-state index in [9.17, 15) is 13.2 Å². The zero-order valence-corrected chi connectivity index (χ0v) is 12.3. The van der Waals surface area contributed by atoms with Gasteiger partial charge in [0.1, 0.15) is 0 Å². The maximum atomic E-state index is 11.6. The molecule has 0 aliphatic rings. The average Bonchev–Trinajstić information content (AvgIpc) is 2.34. The molecule has 0 saturated carbocycles. The van der Waals surface area contributed by atoms with Crippen LogP contribution in [0.15, 0.2) is 24.3 Å². The molecule has 19 heavy (non-hydrogen) atoms. The standard InChI is InChI=1S/C13H20N2O3S/c1-4-19(17,18)14-8-9-15(12(3)16)13-7-5-6-11(2)10-13/h5-7,10,14H,4,8-9H2,1-3H3. The highest BCUT2D eigenvalue weighted by Gasteiger charge is 2.13. The first-order valence-electron chi connectivity index (χ1n) is 6.18. The van der Waals surface area contributed by atoms with E-state index in [1.165, 1.54) is 6.92 Å². The van der Waals surface area contributed by atoms with Crippen molar-refractivity contribution in [2.24, 2.45) is 0 Å². The van der Waals surface area contributed by atoms with Crippen molar-refractivity contribution >= 4 is 21.6 Å². The van der Waals surface area contributed by atoms with Crippen molar-refractivity contribution in [2.45, 2.75) is 20.8 Å². The van der Waals surface area contributed by atoms with Crippen LogP contribution >= 0.6 is 0 Å². The number of aryl methyl sites for hydroxylation is 1.